The van der Waals surface area contributed by atoms with Gasteiger partial charge in [-0.1, -0.05) is 210 Å². The summed E-state index contributed by atoms with van der Waals surface area (Å²) in [4.78, 5) is 0. The molecule has 0 N–H and O–H groups in total. The van der Waals surface area contributed by atoms with Crippen molar-refractivity contribution in [3.8, 4) is 57.1 Å². The van der Waals surface area contributed by atoms with Gasteiger partial charge in [0.05, 0.1) is 66.9 Å². The lowest BCUT2D eigenvalue weighted by atomic mass is 9.81. The van der Waals surface area contributed by atoms with E-state index in [4.69, 9.17) is 0 Å². The summed E-state index contributed by atoms with van der Waals surface area (Å²) in [5.41, 5.74) is 20.0. The van der Waals surface area contributed by atoms with Gasteiger partial charge in [-0.3, -0.25) is 0 Å². The van der Waals surface area contributed by atoms with Crippen LogP contribution < -0.4 is 0 Å². The summed E-state index contributed by atoms with van der Waals surface area (Å²) in [6.45, 7) is 9.41. The Labute approximate surface area is 461 Å². The summed E-state index contributed by atoms with van der Waals surface area (Å²) < 4.78 is 9.49. The lowest BCUT2D eigenvalue weighted by Crippen LogP contribution is -2.20. The van der Waals surface area contributed by atoms with Crippen LogP contribution in [0.2, 0.25) is 0 Å². The van der Waals surface area contributed by atoms with Crippen LogP contribution in [0.5, 0.6) is 0 Å². The van der Waals surface area contributed by atoms with Gasteiger partial charge in [0, 0.05) is 53.9 Å². The van der Waals surface area contributed by atoms with Crippen LogP contribution >= 0.6 is 0 Å². The SMILES string of the molecule is CC1(C)c2ccccc2-c2ccc3c4ccccc4n(-c4c(C#N)c(-n5c6ccccc6c6ccccc65)c(C#N)c(-n5c6ccccc6c6ccc7c(c65)C(C)(C)c5ccccc5-7)c4-n4c5ccccc5c5ccccc54)c3c21. The number of benzene rings is 11. The van der Waals surface area contributed by atoms with E-state index in [0.717, 1.165) is 92.9 Å². The average molecular weight is 1020 g/mol. The molecule has 0 bridgehead atoms. The fourth-order valence-electron chi connectivity index (χ4n) is 15.2. The summed E-state index contributed by atoms with van der Waals surface area (Å²) in [5, 5.41) is 34.3. The van der Waals surface area contributed by atoms with E-state index < -0.39 is 10.8 Å². The van der Waals surface area contributed by atoms with E-state index in [1.807, 2.05) is 0 Å². The molecule has 0 unspecified atom stereocenters. The van der Waals surface area contributed by atoms with Crippen molar-refractivity contribution in [3.63, 3.8) is 0 Å². The highest BCUT2D eigenvalue weighted by atomic mass is 15.1. The molecule has 15 aromatic rings. The van der Waals surface area contributed by atoms with Crippen LogP contribution in [0, 0.1) is 22.7 Å². The van der Waals surface area contributed by atoms with E-state index in [0.29, 0.717) is 28.2 Å². The highest BCUT2D eigenvalue weighted by Gasteiger charge is 2.43. The Balaban J connectivity index is 1.21. The van der Waals surface area contributed by atoms with Crippen LogP contribution in [-0.4, -0.2) is 18.3 Å². The van der Waals surface area contributed by atoms with Gasteiger partial charge in [-0.05, 0) is 80.9 Å². The number of nitriles is 2. The Morgan fingerprint density at radius 2 is 0.562 bits per heavy atom. The highest BCUT2D eigenvalue weighted by molar-refractivity contribution is 6.18. The predicted octanol–water partition coefficient (Wildman–Crippen LogP) is 18.4. The Morgan fingerprint density at radius 3 is 0.912 bits per heavy atom. The minimum absolute atomic E-state index is 0.390. The van der Waals surface area contributed by atoms with Crippen LogP contribution in [0.25, 0.3) is 132 Å². The van der Waals surface area contributed by atoms with Gasteiger partial charge in [-0.25, -0.2) is 0 Å². The number of fused-ring (bicyclic) bond motifs is 20. The number of aromatic nitrogens is 4. The predicted molar refractivity (Wildman–Crippen MR) is 328 cm³/mol. The summed E-state index contributed by atoms with van der Waals surface area (Å²) >= 11 is 0. The Bertz CT molecular complexity index is 5070. The fourth-order valence-corrected chi connectivity index (χ4v) is 15.2. The minimum atomic E-state index is -0.448. The largest absolute Gasteiger partial charge is 0.306 e. The van der Waals surface area contributed by atoms with Gasteiger partial charge in [0.25, 0.3) is 0 Å². The average Bonchev–Trinajstić information content (AvgIpc) is 3.71. The fraction of sp³-hybridized carbons (Fsp3) is 0.0811. The first-order valence-electron chi connectivity index (χ1n) is 27.6. The molecule has 4 heterocycles. The molecule has 80 heavy (non-hydrogen) atoms. The molecule has 2 aliphatic carbocycles. The monoisotopic (exact) mass is 1020 g/mol. The van der Waals surface area contributed by atoms with Crippen molar-refractivity contribution >= 4 is 87.2 Å². The molecule has 2 aliphatic rings. The molecule has 0 radical (unpaired) electrons. The first-order chi connectivity index (χ1) is 39.2. The summed E-state index contributed by atoms with van der Waals surface area (Å²) in [6, 6.07) is 84.4. The molecule has 6 heteroatoms. The number of rotatable bonds is 4. The van der Waals surface area contributed by atoms with Crippen molar-refractivity contribution in [1.82, 2.24) is 18.3 Å². The van der Waals surface area contributed by atoms with Gasteiger partial charge >= 0.3 is 0 Å². The van der Waals surface area contributed by atoms with Gasteiger partial charge in [0.15, 0.2) is 0 Å². The minimum Gasteiger partial charge on any atom is -0.306 e. The van der Waals surface area contributed by atoms with Crippen molar-refractivity contribution in [2.75, 3.05) is 0 Å². The molecule has 0 aliphatic heterocycles. The highest BCUT2D eigenvalue weighted by Crippen LogP contribution is 2.57. The molecule has 0 atom stereocenters. The van der Waals surface area contributed by atoms with Crippen LogP contribution in [0.4, 0.5) is 0 Å². The van der Waals surface area contributed by atoms with E-state index in [-0.39, 0.29) is 0 Å². The van der Waals surface area contributed by atoms with Crippen LogP contribution in [0.3, 0.4) is 0 Å². The lowest BCUT2D eigenvalue weighted by molar-refractivity contribution is 0.664. The molecule has 0 saturated heterocycles. The molecule has 0 fully saturated rings. The normalized spacial score (nSPS) is 13.9. The summed E-state index contributed by atoms with van der Waals surface area (Å²) in [7, 11) is 0. The number of hydrogen-bond acceptors (Lipinski definition) is 2. The third kappa shape index (κ3) is 5.40. The summed E-state index contributed by atoms with van der Waals surface area (Å²) in [6.07, 6.45) is 0. The molecule has 374 valence electrons. The third-order valence-corrected chi connectivity index (χ3v) is 18.4. The van der Waals surface area contributed by atoms with Crippen LogP contribution in [-0.2, 0) is 10.8 Å². The van der Waals surface area contributed by atoms with E-state index in [2.05, 4.69) is 276 Å². The van der Waals surface area contributed by atoms with Crippen molar-refractivity contribution in [3.05, 3.63) is 252 Å². The van der Waals surface area contributed by atoms with E-state index in [9.17, 15) is 10.5 Å². The Kier molecular flexibility index (Phi) is 8.74. The number of hydrogen-bond donors (Lipinski definition) is 0. The van der Waals surface area contributed by atoms with E-state index in [1.54, 1.807) is 0 Å². The van der Waals surface area contributed by atoms with Gasteiger partial charge < -0.3 is 18.3 Å². The first kappa shape index (κ1) is 44.7. The zero-order valence-corrected chi connectivity index (χ0v) is 44.5. The molecule has 0 amide bonds. The Morgan fingerprint density at radius 1 is 0.275 bits per heavy atom. The lowest BCUT2D eigenvalue weighted by Gasteiger charge is -2.29. The van der Waals surface area contributed by atoms with Gasteiger partial charge in [0.2, 0.25) is 0 Å². The zero-order valence-electron chi connectivity index (χ0n) is 44.5. The van der Waals surface area contributed by atoms with Gasteiger partial charge in [0.1, 0.15) is 23.3 Å². The molecular weight excluding hydrogens is 973 g/mol. The van der Waals surface area contributed by atoms with E-state index >= 15 is 0 Å². The third-order valence-electron chi connectivity index (χ3n) is 18.4. The molecule has 0 saturated carbocycles. The molecule has 0 spiro atoms. The van der Waals surface area contributed by atoms with Crippen LogP contribution in [0.1, 0.15) is 61.1 Å². The Hall–Kier alpha value is -10.4. The number of nitrogens with zero attached hydrogens (tertiary/aromatic N) is 6. The second-order valence-corrected chi connectivity index (χ2v) is 22.9. The maximum atomic E-state index is 12.9. The number of para-hydroxylation sites is 6. The zero-order chi connectivity index (χ0) is 53.5. The van der Waals surface area contributed by atoms with Gasteiger partial charge in [-0.2, -0.15) is 10.5 Å². The smallest absolute Gasteiger partial charge is 0.104 e. The molecule has 17 rings (SSSR count). The van der Waals surface area contributed by atoms with Gasteiger partial charge in [-0.15, -0.1) is 0 Å². The second kappa shape index (κ2) is 15.6. The summed E-state index contributed by atoms with van der Waals surface area (Å²) in [5.74, 6) is 0. The second-order valence-electron chi connectivity index (χ2n) is 22.9. The maximum Gasteiger partial charge on any atom is 0.104 e. The molecule has 4 aromatic heterocycles. The standard InChI is InChI=1S/C74H48N6/c1-73(2)57-29-13-5-21-43(57)51-37-39-53-49-27-11-19-35-63(49)79(68(53)65(51)73)70-55(41-75)67(77-59-31-15-7-23-45(59)46-24-8-16-32-60(46)77)56(42-76)71(72(70)78-61-33-17-9-25-47(61)48-26-10-18-34-62(48)78)80-64-36-20-12-28-50(64)54-40-38-52-44-22-6-14-30-58(44)74(3,4)66(52)69(54)80/h5-40H,1-4H3. The first-order valence-corrected chi connectivity index (χ1v) is 27.6. The molecule has 11 aromatic carbocycles. The topological polar surface area (TPSA) is 67.3 Å². The quantitative estimate of drug-likeness (QED) is 0.176. The molecule has 6 nitrogen and oxygen atoms in total. The van der Waals surface area contributed by atoms with Crippen molar-refractivity contribution < 1.29 is 0 Å². The van der Waals surface area contributed by atoms with Crippen LogP contribution in [0.15, 0.2) is 218 Å². The van der Waals surface area contributed by atoms with Crippen molar-refractivity contribution in [1.29, 1.82) is 10.5 Å². The van der Waals surface area contributed by atoms with Crippen molar-refractivity contribution in [2.45, 2.75) is 38.5 Å². The van der Waals surface area contributed by atoms with E-state index in [1.165, 1.54) is 44.5 Å². The molecular formula is C74H48N6. The van der Waals surface area contributed by atoms with Crippen molar-refractivity contribution in [2.24, 2.45) is 0 Å². The maximum absolute atomic E-state index is 12.9.